The maximum atomic E-state index is 2.48. The highest BCUT2D eigenvalue weighted by Crippen LogP contribution is 2.40. The van der Waals surface area contributed by atoms with Crippen LogP contribution in [-0.4, -0.2) is 14.6 Å². The average molecular weight is 278 g/mol. The number of hydrogen-bond donors (Lipinski definition) is 0. The first-order valence-electron chi connectivity index (χ1n) is 8.16. The molecule has 0 aliphatic carbocycles. The Morgan fingerprint density at radius 1 is 0.714 bits per heavy atom. The van der Waals surface area contributed by atoms with Crippen molar-refractivity contribution in [3.05, 3.63) is 44.4 Å². The molecule has 0 spiro atoms. The van der Waals surface area contributed by atoms with Crippen molar-refractivity contribution in [1.82, 2.24) is 0 Å². The van der Waals surface area contributed by atoms with Crippen LogP contribution in [0.2, 0.25) is 11.6 Å². The predicted molar refractivity (Wildman–Crippen MR) is 97.1 cm³/mol. The maximum absolute atomic E-state index is 2.48. The molecule has 2 heterocycles. The highest BCUT2D eigenvalue weighted by atomic mass is 14.2. The van der Waals surface area contributed by atoms with Gasteiger partial charge < -0.3 is 0 Å². The molecule has 2 atom stereocenters. The van der Waals surface area contributed by atoms with Crippen LogP contribution in [0.3, 0.4) is 0 Å². The van der Waals surface area contributed by atoms with Gasteiger partial charge in [0.15, 0.2) is 14.6 Å². The van der Waals surface area contributed by atoms with E-state index in [4.69, 9.17) is 0 Å². The molecule has 2 rings (SSSR count). The van der Waals surface area contributed by atoms with Gasteiger partial charge in [-0.15, -0.1) is 10.9 Å². The molecule has 21 heavy (non-hydrogen) atoms. The Bertz CT molecular complexity index is 585. The van der Waals surface area contributed by atoms with Crippen LogP contribution < -0.4 is 0 Å². The van der Waals surface area contributed by atoms with Gasteiger partial charge in [0.05, 0.1) is 0 Å². The topological polar surface area (TPSA) is 0 Å². The standard InChI is InChI=1S/C19H28B2/c1-10-12(3)16(7)20-18(14(10)5)9-19-15(6)11(2)13(4)17(8)21-19/h16,19H,9H2,1-8H3. The molecule has 0 aromatic rings. The van der Waals surface area contributed by atoms with Gasteiger partial charge in [0, 0.05) is 0 Å². The van der Waals surface area contributed by atoms with Gasteiger partial charge in [0.1, 0.15) is 0 Å². The Labute approximate surface area is 133 Å². The highest BCUT2D eigenvalue weighted by molar-refractivity contribution is 6.51. The van der Waals surface area contributed by atoms with Crippen molar-refractivity contribution in [2.24, 2.45) is 0 Å². The number of hydrogen-bond acceptors (Lipinski definition) is 0. The van der Waals surface area contributed by atoms with Crippen molar-refractivity contribution >= 4 is 14.6 Å². The summed E-state index contributed by atoms with van der Waals surface area (Å²) in [7, 11) is 4.95. The SMILES string of the molecule is CC1=C(C)C(C)=C(C)C(CC2=C(C)C(C)=C(C)C(C)[B]2)[B]1. The fourth-order valence-corrected chi connectivity index (χ4v) is 3.52. The molecule has 2 radical (unpaired) electrons. The van der Waals surface area contributed by atoms with Crippen molar-refractivity contribution < 1.29 is 0 Å². The fourth-order valence-electron chi connectivity index (χ4n) is 3.52. The first kappa shape index (κ1) is 16.5. The molecular weight excluding hydrogens is 250 g/mol. The molecule has 0 nitrogen and oxygen atoms in total. The molecule has 0 fully saturated rings. The van der Waals surface area contributed by atoms with Crippen LogP contribution in [-0.2, 0) is 0 Å². The van der Waals surface area contributed by atoms with Gasteiger partial charge >= 0.3 is 0 Å². The second kappa shape index (κ2) is 6.07. The van der Waals surface area contributed by atoms with E-state index < -0.39 is 0 Å². The highest BCUT2D eigenvalue weighted by Gasteiger charge is 2.26. The normalized spacial score (nSPS) is 27.2. The summed E-state index contributed by atoms with van der Waals surface area (Å²) >= 11 is 0. The summed E-state index contributed by atoms with van der Waals surface area (Å²) in [6.45, 7) is 18.2. The average Bonchev–Trinajstić information content (AvgIpc) is 2.45. The largest absolute Gasteiger partial charge is 0.154 e. The number of rotatable bonds is 2. The summed E-state index contributed by atoms with van der Waals surface area (Å²) in [5.74, 6) is 1.14. The zero-order valence-electron chi connectivity index (χ0n) is 15.0. The summed E-state index contributed by atoms with van der Waals surface area (Å²) in [4.78, 5) is 0. The summed E-state index contributed by atoms with van der Waals surface area (Å²) in [5, 5.41) is 0. The van der Waals surface area contributed by atoms with E-state index in [1.165, 1.54) is 33.3 Å². The lowest BCUT2D eigenvalue weighted by molar-refractivity contribution is 0.890. The van der Waals surface area contributed by atoms with Gasteiger partial charge in [-0.3, -0.25) is 0 Å². The minimum Gasteiger partial charge on any atom is -0.108 e. The molecule has 0 N–H and O–H groups in total. The van der Waals surface area contributed by atoms with Crippen LogP contribution in [0.5, 0.6) is 0 Å². The molecular formula is C19H28B2. The molecule has 0 amide bonds. The Morgan fingerprint density at radius 3 is 1.90 bits per heavy atom. The van der Waals surface area contributed by atoms with Gasteiger partial charge in [0.25, 0.3) is 0 Å². The van der Waals surface area contributed by atoms with E-state index in [1.807, 2.05) is 0 Å². The Balaban J connectivity index is 2.28. The van der Waals surface area contributed by atoms with Gasteiger partial charge in [-0.1, -0.05) is 47.3 Å². The lowest BCUT2D eigenvalue weighted by Gasteiger charge is -2.31. The summed E-state index contributed by atoms with van der Waals surface area (Å²) < 4.78 is 0. The molecule has 0 saturated carbocycles. The third-order valence-corrected chi connectivity index (χ3v) is 5.96. The van der Waals surface area contributed by atoms with Gasteiger partial charge in [0.2, 0.25) is 0 Å². The lowest BCUT2D eigenvalue weighted by atomic mass is 9.45. The summed E-state index contributed by atoms with van der Waals surface area (Å²) in [6.07, 6.45) is 1.15. The first-order chi connectivity index (χ1) is 9.73. The zero-order chi connectivity index (χ0) is 15.9. The zero-order valence-corrected chi connectivity index (χ0v) is 15.0. The van der Waals surface area contributed by atoms with Gasteiger partial charge in [-0.05, 0) is 59.6 Å². The predicted octanol–water partition coefficient (Wildman–Crippen LogP) is 5.65. The molecule has 2 heteroatoms. The van der Waals surface area contributed by atoms with Crippen molar-refractivity contribution in [3.63, 3.8) is 0 Å². The van der Waals surface area contributed by atoms with Crippen LogP contribution >= 0.6 is 0 Å². The van der Waals surface area contributed by atoms with E-state index in [9.17, 15) is 0 Å². The quantitative estimate of drug-likeness (QED) is 0.572. The van der Waals surface area contributed by atoms with Crippen LogP contribution in [0.25, 0.3) is 0 Å². The second-order valence-corrected chi connectivity index (χ2v) is 7.01. The van der Waals surface area contributed by atoms with Gasteiger partial charge in [-0.2, -0.15) is 0 Å². The Hall–Kier alpha value is -0.910. The third-order valence-electron chi connectivity index (χ3n) is 5.96. The van der Waals surface area contributed by atoms with Crippen LogP contribution in [0, 0.1) is 0 Å². The first-order valence-corrected chi connectivity index (χ1v) is 8.16. The molecule has 2 aliphatic heterocycles. The van der Waals surface area contributed by atoms with E-state index in [-0.39, 0.29) is 0 Å². The second-order valence-electron chi connectivity index (χ2n) is 7.01. The third kappa shape index (κ3) is 3.00. The van der Waals surface area contributed by atoms with Crippen LogP contribution in [0.1, 0.15) is 61.8 Å². The molecule has 0 saturated heterocycles. The summed E-state index contributed by atoms with van der Waals surface area (Å²) in [6, 6.07) is 0. The molecule has 0 bridgehead atoms. The van der Waals surface area contributed by atoms with Crippen molar-refractivity contribution in [1.29, 1.82) is 0 Å². The number of allylic oxidation sites excluding steroid dienone is 8. The smallest absolute Gasteiger partial charge is 0.108 e. The summed E-state index contributed by atoms with van der Waals surface area (Å²) in [5.41, 5.74) is 12.0. The van der Waals surface area contributed by atoms with E-state index >= 15 is 0 Å². The molecule has 0 aromatic heterocycles. The lowest BCUT2D eigenvalue weighted by Crippen LogP contribution is -2.20. The Morgan fingerprint density at radius 2 is 1.29 bits per heavy atom. The Kier molecular flexibility index (Phi) is 4.76. The molecule has 2 aliphatic rings. The van der Waals surface area contributed by atoms with Crippen molar-refractivity contribution in [3.8, 4) is 0 Å². The van der Waals surface area contributed by atoms with Crippen LogP contribution in [0.15, 0.2) is 44.4 Å². The molecule has 110 valence electrons. The van der Waals surface area contributed by atoms with Crippen molar-refractivity contribution in [2.75, 3.05) is 0 Å². The fraction of sp³-hybridized carbons (Fsp3) is 0.579. The van der Waals surface area contributed by atoms with Crippen LogP contribution in [0.4, 0.5) is 0 Å². The minimum atomic E-state index is 0.563. The molecule has 2 unspecified atom stereocenters. The maximum Gasteiger partial charge on any atom is 0.154 e. The van der Waals surface area contributed by atoms with Crippen molar-refractivity contribution in [2.45, 2.75) is 73.4 Å². The molecule has 0 aromatic carbocycles. The monoisotopic (exact) mass is 278 g/mol. The van der Waals surface area contributed by atoms with E-state index in [2.05, 4.69) is 69.9 Å². The van der Waals surface area contributed by atoms with Gasteiger partial charge in [-0.25, -0.2) is 0 Å². The minimum absolute atomic E-state index is 0.563. The van der Waals surface area contributed by atoms with E-state index in [1.54, 1.807) is 11.0 Å². The van der Waals surface area contributed by atoms with E-state index in [0.29, 0.717) is 11.6 Å². The van der Waals surface area contributed by atoms with E-state index in [0.717, 1.165) is 6.42 Å².